The van der Waals surface area contributed by atoms with E-state index in [2.05, 4.69) is 20.8 Å². The minimum Gasteiger partial charge on any atom is -0.495 e. The molecule has 26 heavy (non-hydrogen) atoms. The third-order valence-corrected chi connectivity index (χ3v) is 4.04. The summed E-state index contributed by atoms with van der Waals surface area (Å²) in [6.45, 7) is 3.54. The number of anilines is 1. The van der Waals surface area contributed by atoms with Gasteiger partial charge in [-0.05, 0) is 37.6 Å². The summed E-state index contributed by atoms with van der Waals surface area (Å²) in [6, 6.07) is 12.1. The molecule has 134 valence electrons. The van der Waals surface area contributed by atoms with Crippen molar-refractivity contribution < 1.29 is 14.3 Å². The number of carbonyl (C=O) groups is 2. The molecule has 0 saturated heterocycles. The van der Waals surface area contributed by atoms with Crippen LogP contribution in [0.15, 0.2) is 42.5 Å². The zero-order chi connectivity index (χ0) is 18.7. The van der Waals surface area contributed by atoms with Gasteiger partial charge in [-0.15, -0.1) is 0 Å². The van der Waals surface area contributed by atoms with Crippen molar-refractivity contribution in [2.75, 3.05) is 12.4 Å². The summed E-state index contributed by atoms with van der Waals surface area (Å²) in [5.41, 5.74) is 2.57. The average molecular weight is 352 g/mol. The Kier molecular flexibility index (Phi) is 4.88. The molecule has 3 aromatic rings. The summed E-state index contributed by atoms with van der Waals surface area (Å²) in [6.07, 6.45) is 0. The van der Waals surface area contributed by atoms with Gasteiger partial charge in [-0.2, -0.15) is 5.10 Å². The van der Waals surface area contributed by atoms with Crippen LogP contribution >= 0.6 is 0 Å². The quantitative estimate of drug-likeness (QED) is 0.658. The van der Waals surface area contributed by atoms with E-state index in [0.717, 1.165) is 11.1 Å². The number of benzene rings is 2. The fourth-order valence-corrected chi connectivity index (χ4v) is 2.63. The number of aromatic nitrogens is 2. The van der Waals surface area contributed by atoms with Crippen LogP contribution in [-0.4, -0.2) is 35.2 Å². The highest BCUT2D eigenvalue weighted by Crippen LogP contribution is 2.25. The smallest absolute Gasteiger partial charge is 0.273 e. The molecule has 0 fully saturated rings. The maximum absolute atomic E-state index is 12.5. The van der Waals surface area contributed by atoms with Gasteiger partial charge in [0.15, 0.2) is 5.69 Å². The number of nitrogens with zero attached hydrogens (tertiary/aromatic N) is 1. The second kappa shape index (κ2) is 7.26. The largest absolute Gasteiger partial charge is 0.495 e. The third-order valence-electron chi connectivity index (χ3n) is 4.04. The molecule has 0 spiro atoms. The molecule has 2 amide bonds. The minimum atomic E-state index is -0.747. The highest BCUT2D eigenvalue weighted by atomic mass is 16.5. The van der Waals surface area contributed by atoms with Gasteiger partial charge in [-0.3, -0.25) is 14.7 Å². The van der Waals surface area contributed by atoms with Crippen molar-refractivity contribution in [1.29, 1.82) is 0 Å². The SMILES string of the molecule is COc1ccc(C)cc1NC(=O)C(C)NC(=O)c1n[nH]c2ccccc12. The number of H-pyrrole nitrogens is 1. The normalized spacial score (nSPS) is 11.8. The Morgan fingerprint density at radius 1 is 1.19 bits per heavy atom. The minimum absolute atomic E-state index is 0.258. The lowest BCUT2D eigenvalue weighted by molar-refractivity contribution is -0.117. The van der Waals surface area contributed by atoms with Gasteiger partial charge < -0.3 is 15.4 Å². The summed E-state index contributed by atoms with van der Waals surface area (Å²) in [4.78, 5) is 24.9. The van der Waals surface area contributed by atoms with Crippen LogP contribution in [0.25, 0.3) is 10.9 Å². The van der Waals surface area contributed by atoms with Gasteiger partial charge in [0.1, 0.15) is 11.8 Å². The Morgan fingerprint density at radius 2 is 1.96 bits per heavy atom. The van der Waals surface area contributed by atoms with Crippen LogP contribution in [0, 0.1) is 6.92 Å². The third kappa shape index (κ3) is 3.51. The van der Waals surface area contributed by atoms with Crippen molar-refractivity contribution in [3.8, 4) is 5.75 Å². The number of nitrogens with one attached hydrogen (secondary N) is 3. The molecule has 7 heteroatoms. The molecule has 0 saturated carbocycles. The highest BCUT2D eigenvalue weighted by molar-refractivity contribution is 6.07. The molecule has 0 bridgehead atoms. The summed E-state index contributed by atoms with van der Waals surface area (Å²) >= 11 is 0. The maximum Gasteiger partial charge on any atom is 0.273 e. The van der Waals surface area contributed by atoms with Crippen LogP contribution in [-0.2, 0) is 4.79 Å². The summed E-state index contributed by atoms with van der Waals surface area (Å²) < 4.78 is 5.25. The average Bonchev–Trinajstić information content (AvgIpc) is 3.06. The van der Waals surface area contributed by atoms with Gasteiger partial charge in [0.05, 0.1) is 18.3 Å². The maximum atomic E-state index is 12.5. The van der Waals surface area contributed by atoms with Crippen molar-refractivity contribution in [1.82, 2.24) is 15.5 Å². The number of carbonyl (C=O) groups excluding carboxylic acids is 2. The number of ether oxygens (including phenoxy) is 1. The van der Waals surface area contributed by atoms with Crippen LogP contribution in [0.2, 0.25) is 0 Å². The molecular formula is C19H20N4O3. The zero-order valence-electron chi connectivity index (χ0n) is 14.8. The number of para-hydroxylation sites is 1. The van der Waals surface area contributed by atoms with Crippen LogP contribution in [0.4, 0.5) is 5.69 Å². The lowest BCUT2D eigenvalue weighted by Crippen LogP contribution is -2.41. The van der Waals surface area contributed by atoms with Crippen LogP contribution in [0.5, 0.6) is 5.75 Å². The second-order valence-corrected chi connectivity index (χ2v) is 6.01. The van der Waals surface area contributed by atoms with E-state index in [-0.39, 0.29) is 11.6 Å². The Hall–Kier alpha value is -3.35. The molecule has 1 heterocycles. The Labute approximate surface area is 150 Å². The fraction of sp³-hybridized carbons (Fsp3) is 0.211. The van der Waals surface area contributed by atoms with Gasteiger partial charge in [0.2, 0.25) is 5.91 Å². The van der Waals surface area contributed by atoms with Gasteiger partial charge in [-0.25, -0.2) is 0 Å². The standard InChI is InChI=1S/C19H20N4O3/c1-11-8-9-16(26-3)15(10-11)21-18(24)12(2)20-19(25)17-13-6-4-5-7-14(13)22-23-17/h4-10,12H,1-3H3,(H,20,25)(H,21,24)(H,22,23). The van der Waals surface area contributed by atoms with E-state index in [1.54, 1.807) is 19.1 Å². The van der Waals surface area contributed by atoms with Gasteiger partial charge >= 0.3 is 0 Å². The van der Waals surface area contributed by atoms with Crippen LogP contribution in [0.3, 0.4) is 0 Å². The number of aryl methyl sites for hydroxylation is 1. The molecule has 2 aromatic carbocycles. The molecule has 0 radical (unpaired) electrons. The fourth-order valence-electron chi connectivity index (χ4n) is 2.63. The van der Waals surface area contributed by atoms with E-state index in [0.29, 0.717) is 16.8 Å². The van der Waals surface area contributed by atoms with E-state index in [9.17, 15) is 9.59 Å². The van der Waals surface area contributed by atoms with E-state index in [1.165, 1.54) is 7.11 Å². The van der Waals surface area contributed by atoms with Gasteiger partial charge in [-0.1, -0.05) is 24.3 Å². The Bertz CT molecular complexity index is 964. The van der Waals surface area contributed by atoms with Crippen molar-refractivity contribution in [2.24, 2.45) is 0 Å². The molecule has 0 aliphatic carbocycles. The van der Waals surface area contributed by atoms with Crippen molar-refractivity contribution in [3.05, 3.63) is 53.7 Å². The number of hydrogen-bond acceptors (Lipinski definition) is 4. The van der Waals surface area contributed by atoms with Gasteiger partial charge in [0.25, 0.3) is 5.91 Å². The second-order valence-electron chi connectivity index (χ2n) is 6.01. The molecule has 0 aliphatic rings. The Balaban J connectivity index is 1.71. The molecule has 3 N–H and O–H groups in total. The van der Waals surface area contributed by atoms with E-state index in [4.69, 9.17) is 4.74 Å². The highest BCUT2D eigenvalue weighted by Gasteiger charge is 2.21. The topological polar surface area (TPSA) is 96.1 Å². The van der Waals surface area contributed by atoms with Gasteiger partial charge in [0, 0.05) is 5.39 Å². The molecule has 3 rings (SSSR count). The molecular weight excluding hydrogens is 332 g/mol. The Morgan fingerprint density at radius 3 is 2.73 bits per heavy atom. The first-order valence-corrected chi connectivity index (χ1v) is 8.19. The predicted octanol–water partition coefficient (Wildman–Crippen LogP) is 2.64. The molecule has 1 unspecified atom stereocenters. The van der Waals surface area contributed by atoms with E-state index >= 15 is 0 Å². The number of fused-ring (bicyclic) bond motifs is 1. The summed E-state index contributed by atoms with van der Waals surface area (Å²) in [7, 11) is 1.54. The first-order chi connectivity index (χ1) is 12.5. The molecule has 0 aliphatic heterocycles. The van der Waals surface area contributed by atoms with E-state index in [1.807, 2.05) is 37.3 Å². The first-order valence-electron chi connectivity index (χ1n) is 8.19. The summed E-state index contributed by atoms with van der Waals surface area (Å²) in [5, 5.41) is 13.0. The van der Waals surface area contributed by atoms with Crippen molar-refractivity contribution >= 4 is 28.4 Å². The lowest BCUT2D eigenvalue weighted by atomic mass is 10.2. The number of methoxy groups -OCH3 is 1. The molecule has 7 nitrogen and oxygen atoms in total. The predicted molar refractivity (Wildman–Crippen MR) is 99.4 cm³/mol. The van der Waals surface area contributed by atoms with Crippen molar-refractivity contribution in [3.63, 3.8) is 0 Å². The van der Waals surface area contributed by atoms with Crippen molar-refractivity contribution in [2.45, 2.75) is 19.9 Å². The van der Waals surface area contributed by atoms with Crippen LogP contribution in [0.1, 0.15) is 23.0 Å². The molecule has 1 atom stereocenters. The number of amides is 2. The summed E-state index contributed by atoms with van der Waals surface area (Å²) in [5.74, 6) is -0.204. The number of aromatic amines is 1. The first kappa shape index (κ1) is 17.5. The molecule has 1 aromatic heterocycles. The monoisotopic (exact) mass is 352 g/mol. The number of hydrogen-bond donors (Lipinski definition) is 3. The lowest BCUT2D eigenvalue weighted by Gasteiger charge is -2.15. The van der Waals surface area contributed by atoms with E-state index < -0.39 is 11.9 Å². The number of rotatable bonds is 5. The zero-order valence-corrected chi connectivity index (χ0v) is 14.8. The van der Waals surface area contributed by atoms with Crippen LogP contribution < -0.4 is 15.4 Å².